The largest absolute Gasteiger partial charge is 0.508 e. The quantitative estimate of drug-likeness (QED) is 0.138. The molecular formula is C30H30Cl2N2O6. The molecule has 1 amide bonds. The number of hydrogen-bond donors (Lipinski definition) is 2. The van der Waals surface area contributed by atoms with Gasteiger partial charge in [0.25, 0.3) is 0 Å². The van der Waals surface area contributed by atoms with Crippen LogP contribution in [0.2, 0.25) is 10.0 Å². The van der Waals surface area contributed by atoms with Gasteiger partial charge in [-0.25, -0.2) is 5.06 Å². The molecule has 0 unspecified atom stereocenters. The fourth-order valence-electron chi connectivity index (χ4n) is 5.30. The monoisotopic (exact) mass is 584 g/mol. The molecule has 1 saturated heterocycles. The number of likely N-dealkylation sites (tertiary alicyclic amines) is 1. The minimum atomic E-state index is -0.712. The summed E-state index contributed by atoms with van der Waals surface area (Å²) in [5.41, 5.74) is 1.21. The summed E-state index contributed by atoms with van der Waals surface area (Å²) >= 11 is 13.1. The van der Waals surface area contributed by atoms with E-state index >= 15 is 0 Å². The Morgan fingerprint density at radius 2 is 1.50 bits per heavy atom. The number of nitrogens with zero attached hydrogens (tertiary/aromatic N) is 2. The SMILES string of the molecule is CN(C=O)OCCCN1C[C@H](C(=O)c2cccc(O)c2)C(c2cccc(Cl)c2Cl)[C@@H](C(=O)c2cccc(O)c2)C1. The van der Waals surface area contributed by atoms with Crippen LogP contribution in [-0.4, -0.2) is 71.4 Å². The number of benzene rings is 3. The third kappa shape index (κ3) is 6.82. The number of hydrogen-bond acceptors (Lipinski definition) is 7. The minimum Gasteiger partial charge on any atom is -0.508 e. The van der Waals surface area contributed by atoms with Crippen LogP contribution in [0, 0.1) is 11.8 Å². The molecular weight excluding hydrogens is 555 g/mol. The summed E-state index contributed by atoms with van der Waals surface area (Å²) in [6, 6.07) is 17.4. The van der Waals surface area contributed by atoms with Crippen LogP contribution >= 0.6 is 23.2 Å². The van der Waals surface area contributed by atoms with Gasteiger partial charge in [-0.3, -0.25) is 19.2 Å². The second-order valence-electron chi connectivity index (χ2n) is 9.81. The van der Waals surface area contributed by atoms with Crippen LogP contribution in [0.3, 0.4) is 0 Å². The average molecular weight is 585 g/mol. The fraction of sp³-hybridized carbons (Fsp3) is 0.300. The molecule has 3 aromatic rings. The van der Waals surface area contributed by atoms with Crippen LogP contribution in [0.4, 0.5) is 0 Å². The molecule has 0 spiro atoms. The number of halogens is 2. The zero-order valence-electron chi connectivity index (χ0n) is 21.9. The number of piperidine rings is 1. The van der Waals surface area contributed by atoms with E-state index in [-0.39, 0.29) is 34.7 Å². The van der Waals surface area contributed by atoms with Crippen molar-refractivity contribution in [2.45, 2.75) is 12.3 Å². The van der Waals surface area contributed by atoms with Crippen LogP contribution in [-0.2, 0) is 9.63 Å². The second-order valence-corrected chi connectivity index (χ2v) is 10.6. The van der Waals surface area contributed by atoms with Gasteiger partial charge in [-0.15, -0.1) is 0 Å². The molecule has 0 bridgehead atoms. The van der Waals surface area contributed by atoms with Crippen LogP contribution in [0.25, 0.3) is 0 Å². The van der Waals surface area contributed by atoms with Crippen molar-refractivity contribution in [3.63, 3.8) is 0 Å². The first-order valence-corrected chi connectivity index (χ1v) is 13.6. The average Bonchev–Trinajstić information content (AvgIpc) is 2.95. The fourth-order valence-corrected chi connectivity index (χ4v) is 5.73. The normalized spacial score (nSPS) is 17.9. The third-order valence-corrected chi connectivity index (χ3v) is 7.95. The van der Waals surface area contributed by atoms with Gasteiger partial charge in [0.1, 0.15) is 11.5 Å². The molecule has 210 valence electrons. The number of ketones is 2. The van der Waals surface area contributed by atoms with Gasteiger partial charge in [0.2, 0.25) is 6.41 Å². The summed E-state index contributed by atoms with van der Waals surface area (Å²) in [7, 11) is 1.50. The number of rotatable bonds is 11. The van der Waals surface area contributed by atoms with Crippen molar-refractivity contribution in [2.24, 2.45) is 11.8 Å². The summed E-state index contributed by atoms with van der Waals surface area (Å²) < 4.78 is 0. The highest BCUT2D eigenvalue weighted by Gasteiger charge is 2.45. The molecule has 1 aliphatic heterocycles. The first-order valence-electron chi connectivity index (χ1n) is 12.8. The molecule has 1 heterocycles. The maximum Gasteiger partial charge on any atom is 0.233 e. The highest BCUT2D eigenvalue weighted by atomic mass is 35.5. The van der Waals surface area contributed by atoms with Crippen molar-refractivity contribution in [3.8, 4) is 11.5 Å². The lowest BCUT2D eigenvalue weighted by Crippen LogP contribution is -2.50. The minimum absolute atomic E-state index is 0.0420. The Kier molecular flexibility index (Phi) is 9.81. The van der Waals surface area contributed by atoms with Crippen molar-refractivity contribution in [2.75, 3.05) is 33.3 Å². The first-order chi connectivity index (χ1) is 19.2. The van der Waals surface area contributed by atoms with E-state index in [1.165, 1.54) is 31.3 Å². The van der Waals surface area contributed by atoms with Gasteiger partial charge in [0.15, 0.2) is 11.6 Å². The Bertz CT molecular complexity index is 1320. The highest BCUT2D eigenvalue weighted by molar-refractivity contribution is 6.42. The molecule has 0 radical (unpaired) electrons. The third-order valence-electron chi connectivity index (χ3n) is 7.11. The van der Waals surface area contributed by atoms with Gasteiger partial charge >= 0.3 is 0 Å². The number of phenols is 2. The number of aromatic hydroxyl groups is 2. The lowest BCUT2D eigenvalue weighted by Gasteiger charge is -2.43. The maximum atomic E-state index is 14.1. The molecule has 0 aliphatic carbocycles. The van der Waals surface area contributed by atoms with Crippen molar-refractivity contribution < 1.29 is 29.4 Å². The van der Waals surface area contributed by atoms with E-state index < -0.39 is 17.8 Å². The Morgan fingerprint density at radius 1 is 0.950 bits per heavy atom. The van der Waals surface area contributed by atoms with Crippen LogP contribution < -0.4 is 0 Å². The first kappa shape index (κ1) is 29.6. The van der Waals surface area contributed by atoms with Gasteiger partial charge in [-0.05, 0) is 42.3 Å². The summed E-state index contributed by atoms with van der Waals surface area (Å²) in [5.74, 6) is -2.63. The van der Waals surface area contributed by atoms with Gasteiger partial charge in [0, 0.05) is 55.6 Å². The molecule has 2 atom stereocenters. The molecule has 0 aromatic heterocycles. The van der Waals surface area contributed by atoms with Crippen LogP contribution in [0.1, 0.15) is 38.6 Å². The van der Waals surface area contributed by atoms with Gasteiger partial charge < -0.3 is 15.1 Å². The zero-order chi connectivity index (χ0) is 28.8. The molecule has 3 aromatic carbocycles. The van der Waals surface area contributed by atoms with Crippen LogP contribution in [0.15, 0.2) is 66.7 Å². The smallest absolute Gasteiger partial charge is 0.233 e. The second kappa shape index (κ2) is 13.3. The molecule has 8 nitrogen and oxygen atoms in total. The van der Waals surface area contributed by atoms with Crippen LogP contribution in [0.5, 0.6) is 11.5 Å². The molecule has 1 fully saturated rings. The number of Topliss-reactive ketones (excluding diaryl/α,β-unsaturated/α-hetero) is 2. The predicted molar refractivity (Wildman–Crippen MR) is 152 cm³/mol. The van der Waals surface area contributed by atoms with E-state index in [4.69, 9.17) is 28.0 Å². The number of hydroxylamine groups is 2. The van der Waals surface area contributed by atoms with E-state index in [1.807, 2.05) is 4.90 Å². The van der Waals surface area contributed by atoms with E-state index in [0.717, 1.165) is 5.06 Å². The molecule has 2 N–H and O–H groups in total. The lowest BCUT2D eigenvalue weighted by atomic mass is 9.68. The van der Waals surface area contributed by atoms with E-state index in [9.17, 15) is 24.6 Å². The van der Waals surface area contributed by atoms with Crippen molar-refractivity contribution in [1.82, 2.24) is 9.96 Å². The molecule has 10 heteroatoms. The molecule has 4 rings (SSSR count). The molecule has 40 heavy (non-hydrogen) atoms. The topological polar surface area (TPSA) is 107 Å². The Labute approximate surface area is 242 Å². The summed E-state index contributed by atoms with van der Waals surface area (Å²) in [5, 5.41) is 21.8. The standard InChI is InChI=1S/C30H30Cl2N2O6/c1-33(18-35)40-13-5-12-34-16-24(29(38)19-6-2-8-21(36)14-19)27(23-10-4-11-26(31)28(23)32)25(17-34)30(39)20-7-3-9-22(37)15-20/h2-4,6-11,14-15,18,24-25,27,36-37H,5,12-13,16-17H2,1H3/t24-,25-/m0/s1. The van der Waals surface area contributed by atoms with Gasteiger partial charge in [-0.1, -0.05) is 59.6 Å². The zero-order valence-corrected chi connectivity index (χ0v) is 23.4. The van der Waals surface area contributed by atoms with Gasteiger partial charge in [-0.2, -0.15) is 0 Å². The summed E-state index contributed by atoms with van der Waals surface area (Å²) in [6.45, 7) is 1.40. The Hall–Kier alpha value is -3.43. The highest BCUT2D eigenvalue weighted by Crippen LogP contribution is 2.45. The van der Waals surface area contributed by atoms with E-state index in [1.54, 1.807) is 42.5 Å². The lowest BCUT2D eigenvalue weighted by molar-refractivity contribution is -0.164. The summed E-state index contributed by atoms with van der Waals surface area (Å²) in [4.78, 5) is 46.3. The van der Waals surface area contributed by atoms with Gasteiger partial charge in [0.05, 0.1) is 16.7 Å². The molecule has 1 aliphatic rings. The van der Waals surface area contributed by atoms with Crippen molar-refractivity contribution >= 4 is 41.2 Å². The van der Waals surface area contributed by atoms with Crippen molar-refractivity contribution in [1.29, 1.82) is 0 Å². The maximum absolute atomic E-state index is 14.1. The number of carbonyl (C=O) groups is 3. The Balaban J connectivity index is 1.77. The van der Waals surface area contributed by atoms with Crippen molar-refractivity contribution in [3.05, 3.63) is 93.5 Å². The summed E-state index contributed by atoms with van der Waals surface area (Å²) in [6.07, 6.45) is 1.11. The van der Waals surface area contributed by atoms with E-state index in [2.05, 4.69) is 0 Å². The van der Waals surface area contributed by atoms with E-state index in [0.29, 0.717) is 54.2 Å². The number of carbonyl (C=O) groups excluding carboxylic acids is 3. The Morgan fingerprint density at radius 3 is 2.02 bits per heavy atom. The number of phenolic OH excluding ortho intramolecular Hbond substituents is 2. The predicted octanol–water partition coefficient (Wildman–Crippen LogP) is 5.21. The molecule has 0 saturated carbocycles. The number of amides is 1.